The van der Waals surface area contributed by atoms with Gasteiger partial charge in [0.05, 0.1) is 11.8 Å². The highest BCUT2D eigenvalue weighted by Gasteiger charge is 2.09. The molecule has 1 aromatic rings. The minimum atomic E-state index is -0.521. The maximum absolute atomic E-state index is 13.3. The first-order chi connectivity index (χ1) is 7.50. The number of amides is 1. The van der Waals surface area contributed by atoms with E-state index in [4.69, 9.17) is 5.11 Å². The Balaban J connectivity index is 2.63. The first-order valence-corrected chi connectivity index (χ1v) is 5.23. The van der Waals surface area contributed by atoms with Crippen molar-refractivity contribution in [2.75, 3.05) is 5.32 Å². The summed E-state index contributed by atoms with van der Waals surface area (Å²) < 4.78 is 13.3. The molecular weight excluding hydrogens is 209 g/mol. The third kappa shape index (κ3) is 3.62. The van der Waals surface area contributed by atoms with Gasteiger partial charge in [0.15, 0.2) is 0 Å². The van der Waals surface area contributed by atoms with Crippen LogP contribution in [0.3, 0.4) is 0 Å². The van der Waals surface area contributed by atoms with E-state index in [9.17, 15) is 9.18 Å². The molecule has 1 atom stereocenters. The second-order valence-corrected chi connectivity index (χ2v) is 3.87. The third-order valence-electron chi connectivity index (χ3n) is 2.28. The third-order valence-corrected chi connectivity index (χ3v) is 2.28. The molecule has 0 saturated heterocycles. The zero-order chi connectivity index (χ0) is 12.1. The molecule has 2 N–H and O–H groups in total. The van der Waals surface area contributed by atoms with E-state index in [-0.39, 0.29) is 18.0 Å². The highest BCUT2D eigenvalue weighted by Crippen LogP contribution is 2.18. The van der Waals surface area contributed by atoms with Crippen LogP contribution in [0.25, 0.3) is 0 Å². The van der Waals surface area contributed by atoms with Gasteiger partial charge in [-0.1, -0.05) is 12.1 Å². The van der Waals surface area contributed by atoms with Crippen LogP contribution in [0.4, 0.5) is 10.1 Å². The standard InChI is InChI=1S/C12H16FNO2/c1-8-4-3-5-10(13)12(8)14-11(16)7-6-9(2)15/h3-5,9,15H,6-7H2,1-2H3,(H,14,16). The van der Waals surface area contributed by atoms with Crippen molar-refractivity contribution in [3.05, 3.63) is 29.6 Å². The monoisotopic (exact) mass is 225 g/mol. The van der Waals surface area contributed by atoms with Crippen LogP contribution in [0.15, 0.2) is 18.2 Å². The van der Waals surface area contributed by atoms with Crippen molar-refractivity contribution >= 4 is 11.6 Å². The predicted octanol–water partition coefficient (Wildman–Crippen LogP) is 2.23. The quantitative estimate of drug-likeness (QED) is 0.825. The molecule has 0 spiro atoms. The molecule has 1 rings (SSSR count). The second-order valence-electron chi connectivity index (χ2n) is 3.87. The first kappa shape index (κ1) is 12.6. The van der Waals surface area contributed by atoms with E-state index in [0.717, 1.165) is 0 Å². The van der Waals surface area contributed by atoms with Crippen molar-refractivity contribution in [3.8, 4) is 0 Å². The van der Waals surface area contributed by atoms with Crippen LogP contribution in [-0.2, 0) is 4.79 Å². The van der Waals surface area contributed by atoms with Crippen molar-refractivity contribution in [2.45, 2.75) is 32.8 Å². The van der Waals surface area contributed by atoms with Crippen molar-refractivity contribution in [1.29, 1.82) is 0 Å². The highest BCUT2D eigenvalue weighted by molar-refractivity contribution is 5.91. The molecular formula is C12H16FNO2. The summed E-state index contributed by atoms with van der Waals surface area (Å²) in [5, 5.41) is 11.5. The van der Waals surface area contributed by atoms with E-state index in [1.807, 2.05) is 0 Å². The Morgan fingerprint density at radius 3 is 2.81 bits per heavy atom. The Hall–Kier alpha value is -1.42. The number of aliphatic hydroxyl groups excluding tert-OH is 1. The minimum absolute atomic E-state index is 0.186. The van der Waals surface area contributed by atoms with Crippen LogP contribution in [0, 0.1) is 12.7 Å². The molecule has 0 saturated carbocycles. The molecule has 1 unspecified atom stereocenters. The summed E-state index contributed by atoms with van der Waals surface area (Å²) in [5.41, 5.74) is 0.906. The molecule has 4 heteroatoms. The van der Waals surface area contributed by atoms with Crippen LogP contribution >= 0.6 is 0 Å². The van der Waals surface area contributed by atoms with Gasteiger partial charge < -0.3 is 10.4 Å². The molecule has 0 heterocycles. The first-order valence-electron chi connectivity index (χ1n) is 5.23. The lowest BCUT2D eigenvalue weighted by Crippen LogP contribution is -2.15. The van der Waals surface area contributed by atoms with Gasteiger partial charge in [-0.2, -0.15) is 0 Å². The Morgan fingerprint density at radius 2 is 2.25 bits per heavy atom. The number of rotatable bonds is 4. The van der Waals surface area contributed by atoms with Gasteiger partial charge in [0, 0.05) is 6.42 Å². The van der Waals surface area contributed by atoms with Crippen molar-refractivity contribution in [1.82, 2.24) is 0 Å². The van der Waals surface area contributed by atoms with E-state index in [1.54, 1.807) is 26.0 Å². The number of para-hydroxylation sites is 1. The smallest absolute Gasteiger partial charge is 0.224 e. The van der Waals surface area contributed by atoms with Crippen molar-refractivity contribution in [3.63, 3.8) is 0 Å². The maximum Gasteiger partial charge on any atom is 0.224 e. The van der Waals surface area contributed by atoms with E-state index in [0.29, 0.717) is 12.0 Å². The molecule has 0 aliphatic heterocycles. The normalized spacial score (nSPS) is 12.2. The number of carbonyl (C=O) groups is 1. The molecule has 1 amide bonds. The fraction of sp³-hybridized carbons (Fsp3) is 0.417. The van der Waals surface area contributed by atoms with Gasteiger partial charge in [-0.25, -0.2) is 4.39 Å². The Bertz CT molecular complexity index is 357. The molecule has 0 aliphatic rings. The van der Waals surface area contributed by atoms with E-state index in [2.05, 4.69) is 5.32 Å². The van der Waals surface area contributed by atoms with Crippen LogP contribution < -0.4 is 5.32 Å². The number of hydrogen-bond acceptors (Lipinski definition) is 2. The Kier molecular flexibility index (Phi) is 4.43. The number of anilines is 1. The number of carbonyl (C=O) groups excluding carboxylic acids is 1. The van der Waals surface area contributed by atoms with Crippen LogP contribution in [0.2, 0.25) is 0 Å². The van der Waals surface area contributed by atoms with Crippen LogP contribution in [0.5, 0.6) is 0 Å². The van der Waals surface area contributed by atoms with Crippen LogP contribution in [0.1, 0.15) is 25.3 Å². The van der Waals surface area contributed by atoms with Gasteiger partial charge in [-0.15, -0.1) is 0 Å². The van der Waals surface area contributed by atoms with Gasteiger partial charge in [0.25, 0.3) is 0 Å². The zero-order valence-electron chi connectivity index (χ0n) is 9.46. The molecule has 16 heavy (non-hydrogen) atoms. The minimum Gasteiger partial charge on any atom is -0.393 e. The zero-order valence-corrected chi connectivity index (χ0v) is 9.46. The highest BCUT2D eigenvalue weighted by atomic mass is 19.1. The topological polar surface area (TPSA) is 49.3 Å². The number of benzene rings is 1. The molecule has 0 fully saturated rings. The summed E-state index contributed by atoms with van der Waals surface area (Å²) in [4.78, 5) is 11.4. The van der Waals surface area contributed by atoms with Gasteiger partial charge in [0.1, 0.15) is 5.82 Å². The van der Waals surface area contributed by atoms with Gasteiger partial charge in [-0.3, -0.25) is 4.79 Å². The lowest BCUT2D eigenvalue weighted by atomic mass is 10.1. The SMILES string of the molecule is Cc1cccc(F)c1NC(=O)CCC(C)O. The molecule has 0 aliphatic carbocycles. The second kappa shape index (κ2) is 5.61. The number of aryl methyl sites for hydroxylation is 1. The summed E-state index contributed by atoms with van der Waals surface area (Å²) in [6, 6.07) is 4.63. The molecule has 0 radical (unpaired) electrons. The van der Waals surface area contributed by atoms with E-state index in [1.165, 1.54) is 6.07 Å². The van der Waals surface area contributed by atoms with E-state index < -0.39 is 11.9 Å². The Labute approximate surface area is 94.3 Å². The van der Waals surface area contributed by atoms with Crippen molar-refractivity contribution < 1.29 is 14.3 Å². The van der Waals surface area contributed by atoms with Gasteiger partial charge in [-0.05, 0) is 31.9 Å². The lowest BCUT2D eigenvalue weighted by Gasteiger charge is -2.09. The molecule has 1 aromatic carbocycles. The molecule has 88 valence electrons. The molecule has 0 aromatic heterocycles. The summed E-state index contributed by atoms with van der Waals surface area (Å²) in [7, 11) is 0. The average Bonchev–Trinajstić information content (AvgIpc) is 2.21. The summed E-state index contributed by atoms with van der Waals surface area (Å²) >= 11 is 0. The number of hydrogen-bond donors (Lipinski definition) is 2. The number of nitrogens with one attached hydrogen (secondary N) is 1. The molecule has 0 bridgehead atoms. The van der Waals surface area contributed by atoms with Gasteiger partial charge in [0.2, 0.25) is 5.91 Å². The Morgan fingerprint density at radius 1 is 1.56 bits per heavy atom. The maximum atomic E-state index is 13.3. The average molecular weight is 225 g/mol. The lowest BCUT2D eigenvalue weighted by molar-refractivity contribution is -0.116. The molecule has 3 nitrogen and oxygen atoms in total. The largest absolute Gasteiger partial charge is 0.393 e. The summed E-state index contributed by atoms with van der Waals surface area (Å²) in [6.07, 6.45) is 0.0394. The number of halogens is 1. The van der Waals surface area contributed by atoms with Crippen molar-refractivity contribution in [2.24, 2.45) is 0 Å². The van der Waals surface area contributed by atoms with E-state index >= 15 is 0 Å². The summed E-state index contributed by atoms with van der Waals surface area (Å²) in [6.45, 7) is 3.34. The summed E-state index contributed by atoms with van der Waals surface area (Å²) in [5.74, 6) is -0.723. The predicted molar refractivity (Wildman–Crippen MR) is 60.7 cm³/mol. The van der Waals surface area contributed by atoms with Crippen LogP contribution in [-0.4, -0.2) is 17.1 Å². The number of aliphatic hydroxyl groups is 1. The van der Waals surface area contributed by atoms with Gasteiger partial charge >= 0.3 is 0 Å². The fourth-order valence-electron chi connectivity index (χ4n) is 1.33. The fourth-order valence-corrected chi connectivity index (χ4v) is 1.33.